The van der Waals surface area contributed by atoms with Crippen LogP contribution in [0.2, 0.25) is 0 Å². The molecule has 0 unspecified atom stereocenters. The number of halogens is 4. The Morgan fingerprint density at radius 1 is 1.05 bits per heavy atom. The van der Waals surface area contributed by atoms with Crippen molar-refractivity contribution in [1.82, 2.24) is 0 Å². The van der Waals surface area contributed by atoms with Gasteiger partial charge in [0.2, 0.25) is 5.91 Å². The SMILES string of the molecule is O=C(Cc1ccc(F)cc1F)Nc1ccc(Br)cc1F. The highest BCUT2D eigenvalue weighted by Gasteiger charge is 2.11. The van der Waals surface area contributed by atoms with Crippen molar-refractivity contribution in [3.63, 3.8) is 0 Å². The second-order valence-corrected chi connectivity index (χ2v) is 5.00. The molecule has 2 aromatic rings. The Labute approximate surface area is 121 Å². The van der Waals surface area contributed by atoms with Crippen molar-refractivity contribution in [3.8, 4) is 0 Å². The van der Waals surface area contributed by atoms with Gasteiger partial charge < -0.3 is 5.32 Å². The molecule has 1 amide bonds. The van der Waals surface area contributed by atoms with Crippen LogP contribution in [0.3, 0.4) is 0 Å². The van der Waals surface area contributed by atoms with Gasteiger partial charge in [-0.3, -0.25) is 4.79 Å². The van der Waals surface area contributed by atoms with Gasteiger partial charge in [-0.2, -0.15) is 0 Å². The molecule has 0 bridgehead atoms. The van der Waals surface area contributed by atoms with Gasteiger partial charge in [-0.25, -0.2) is 13.2 Å². The molecule has 0 saturated carbocycles. The minimum absolute atomic E-state index is 0.000667. The average molecular weight is 344 g/mol. The number of carbonyl (C=O) groups is 1. The summed E-state index contributed by atoms with van der Waals surface area (Å²) < 4.78 is 40.2. The standard InChI is InChI=1S/C14H9BrF3NO/c15-9-2-4-13(12(18)6-9)19-14(20)5-8-1-3-10(16)7-11(8)17/h1-4,6-7H,5H2,(H,19,20). The number of anilines is 1. The monoisotopic (exact) mass is 343 g/mol. The largest absolute Gasteiger partial charge is 0.323 e. The van der Waals surface area contributed by atoms with Gasteiger partial charge in [-0.1, -0.05) is 22.0 Å². The first-order valence-electron chi connectivity index (χ1n) is 5.64. The fraction of sp³-hybridized carbons (Fsp3) is 0.0714. The quantitative estimate of drug-likeness (QED) is 0.894. The number of carbonyl (C=O) groups excluding carboxylic acids is 1. The summed E-state index contributed by atoms with van der Waals surface area (Å²) >= 11 is 3.09. The van der Waals surface area contributed by atoms with E-state index in [9.17, 15) is 18.0 Å². The zero-order valence-electron chi connectivity index (χ0n) is 10.1. The molecule has 20 heavy (non-hydrogen) atoms. The van der Waals surface area contributed by atoms with Gasteiger partial charge in [0.15, 0.2) is 0 Å². The molecule has 2 nitrogen and oxygen atoms in total. The Morgan fingerprint density at radius 3 is 2.45 bits per heavy atom. The van der Waals surface area contributed by atoms with Crippen LogP contribution in [0.25, 0.3) is 0 Å². The molecule has 104 valence electrons. The fourth-order valence-corrected chi connectivity index (χ4v) is 1.96. The summed E-state index contributed by atoms with van der Waals surface area (Å²) in [6.07, 6.45) is -0.304. The molecule has 0 aliphatic heterocycles. The maximum Gasteiger partial charge on any atom is 0.228 e. The highest BCUT2D eigenvalue weighted by molar-refractivity contribution is 9.10. The zero-order valence-corrected chi connectivity index (χ0v) is 11.7. The lowest BCUT2D eigenvalue weighted by Gasteiger charge is -2.07. The second kappa shape index (κ2) is 6.09. The van der Waals surface area contributed by atoms with Crippen molar-refractivity contribution in [2.45, 2.75) is 6.42 Å². The molecule has 0 aliphatic rings. The lowest BCUT2D eigenvalue weighted by Crippen LogP contribution is -2.16. The molecule has 0 aromatic heterocycles. The molecular formula is C14H9BrF3NO. The Morgan fingerprint density at radius 2 is 1.80 bits per heavy atom. The van der Waals surface area contributed by atoms with Crippen LogP contribution < -0.4 is 5.32 Å². The lowest BCUT2D eigenvalue weighted by atomic mass is 10.1. The number of amides is 1. The van der Waals surface area contributed by atoms with E-state index in [-0.39, 0.29) is 17.7 Å². The van der Waals surface area contributed by atoms with Crippen molar-refractivity contribution in [2.24, 2.45) is 0 Å². The highest BCUT2D eigenvalue weighted by atomic mass is 79.9. The van der Waals surface area contributed by atoms with Crippen molar-refractivity contribution in [1.29, 1.82) is 0 Å². The summed E-state index contributed by atoms with van der Waals surface area (Å²) in [5.74, 6) is -2.72. The summed E-state index contributed by atoms with van der Waals surface area (Å²) in [4.78, 5) is 11.7. The molecule has 0 spiro atoms. The summed E-state index contributed by atoms with van der Waals surface area (Å²) in [5, 5.41) is 2.33. The van der Waals surface area contributed by atoms with E-state index in [0.717, 1.165) is 6.07 Å². The topological polar surface area (TPSA) is 29.1 Å². The predicted molar refractivity (Wildman–Crippen MR) is 72.8 cm³/mol. The number of benzene rings is 2. The van der Waals surface area contributed by atoms with Crippen molar-refractivity contribution in [2.75, 3.05) is 5.32 Å². The van der Waals surface area contributed by atoms with Gasteiger partial charge in [0.25, 0.3) is 0 Å². The first-order chi connectivity index (χ1) is 9.45. The van der Waals surface area contributed by atoms with E-state index in [1.165, 1.54) is 18.2 Å². The van der Waals surface area contributed by atoms with Crippen LogP contribution in [0.5, 0.6) is 0 Å². The molecule has 0 radical (unpaired) electrons. The second-order valence-electron chi connectivity index (χ2n) is 4.08. The van der Waals surface area contributed by atoms with Crippen LogP contribution in [-0.4, -0.2) is 5.91 Å². The molecule has 0 heterocycles. The van der Waals surface area contributed by atoms with Crippen LogP contribution in [0, 0.1) is 17.5 Å². The van der Waals surface area contributed by atoms with Gasteiger partial charge in [-0.05, 0) is 29.8 Å². The van der Waals surface area contributed by atoms with Crippen LogP contribution in [0.1, 0.15) is 5.56 Å². The molecule has 2 aromatic carbocycles. The average Bonchev–Trinajstić information content (AvgIpc) is 2.36. The normalized spacial score (nSPS) is 10.4. The van der Waals surface area contributed by atoms with Crippen LogP contribution in [-0.2, 0) is 11.2 Å². The summed E-state index contributed by atoms with van der Waals surface area (Å²) in [6, 6.07) is 7.10. The minimum Gasteiger partial charge on any atom is -0.323 e. The Bertz CT molecular complexity index is 605. The third-order valence-electron chi connectivity index (χ3n) is 2.57. The predicted octanol–water partition coefficient (Wildman–Crippen LogP) is 4.05. The van der Waals surface area contributed by atoms with Gasteiger partial charge >= 0.3 is 0 Å². The number of rotatable bonds is 3. The molecule has 0 saturated heterocycles. The van der Waals surface area contributed by atoms with E-state index in [0.29, 0.717) is 10.5 Å². The van der Waals surface area contributed by atoms with E-state index >= 15 is 0 Å². The van der Waals surface area contributed by atoms with E-state index in [1.807, 2.05) is 0 Å². The lowest BCUT2D eigenvalue weighted by molar-refractivity contribution is -0.115. The summed E-state index contributed by atoms with van der Waals surface area (Å²) in [6.45, 7) is 0. The van der Waals surface area contributed by atoms with Crippen molar-refractivity contribution < 1.29 is 18.0 Å². The van der Waals surface area contributed by atoms with Crippen LogP contribution in [0.15, 0.2) is 40.9 Å². The van der Waals surface area contributed by atoms with Crippen molar-refractivity contribution in [3.05, 3.63) is 63.9 Å². The van der Waals surface area contributed by atoms with Crippen LogP contribution >= 0.6 is 15.9 Å². The molecule has 6 heteroatoms. The number of hydrogen-bond acceptors (Lipinski definition) is 1. The zero-order chi connectivity index (χ0) is 14.7. The first kappa shape index (κ1) is 14.6. The van der Waals surface area contributed by atoms with Gasteiger partial charge in [0.1, 0.15) is 17.5 Å². The molecule has 0 aliphatic carbocycles. The molecule has 1 N–H and O–H groups in total. The van der Waals surface area contributed by atoms with E-state index in [1.54, 1.807) is 6.07 Å². The highest BCUT2D eigenvalue weighted by Crippen LogP contribution is 2.19. The fourth-order valence-electron chi connectivity index (χ4n) is 1.62. The first-order valence-corrected chi connectivity index (χ1v) is 6.44. The van der Waals surface area contributed by atoms with Gasteiger partial charge in [0, 0.05) is 10.5 Å². The van der Waals surface area contributed by atoms with Gasteiger partial charge in [-0.15, -0.1) is 0 Å². The third kappa shape index (κ3) is 3.60. The van der Waals surface area contributed by atoms with Crippen LogP contribution in [0.4, 0.5) is 18.9 Å². The van der Waals surface area contributed by atoms with Crippen molar-refractivity contribution >= 4 is 27.5 Å². The maximum absolute atomic E-state index is 13.5. The third-order valence-corrected chi connectivity index (χ3v) is 3.06. The summed E-state index contributed by atoms with van der Waals surface area (Å²) in [7, 11) is 0. The summed E-state index contributed by atoms with van der Waals surface area (Å²) in [5.41, 5.74) is 0.0436. The number of nitrogens with one attached hydrogen (secondary N) is 1. The smallest absolute Gasteiger partial charge is 0.228 e. The Hall–Kier alpha value is -1.82. The van der Waals surface area contributed by atoms with Gasteiger partial charge in [0.05, 0.1) is 12.1 Å². The maximum atomic E-state index is 13.5. The molecular weight excluding hydrogens is 335 g/mol. The van der Waals surface area contributed by atoms with E-state index < -0.39 is 23.4 Å². The van der Waals surface area contributed by atoms with E-state index in [2.05, 4.69) is 21.2 Å². The molecule has 2 rings (SSSR count). The van der Waals surface area contributed by atoms with E-state index in [4.69, 9.17) is 0 Å². The molecule has 0 atom stereocenters. The molecule has 0 fully saturated rings. The Balaban J connectivity index is 2.09. The minimum atomic E-state index is -0.809. The number of hydrogen-bond donors (Lipinski definition) is 1. The Kier molecular flexibility index (Phi) is 4.44.